The Hall–Kier alpha value is -5.77. The molecule has 2 aromatic rings. The standard InChI is InChI=1S/C39H43NO9/c1-24(2)36(42)46-19-17-40(18-20-47-37(43)25(3)4)35(41)33-22-31(28(9)11-12-29(10)48-38(44)26(5)6)21-32(23-33)30-13-15-34(16-14-30)49-39(45)27(7)8/h11-16,21-23H,1,3,5,7,17-20H2,2,4,6,8-10H3/b28-11+,29-12+. The second-order valence-electron chi connectivity index (χ2n) is 11.4. The topological polar surface area (TPSA) is 126 Å². The quantitative estimate of drug-likeness (QED) is 0.0467. The number of hydrogen-bond donors (Lipinski definition) is 0. The minimum Gasteiger partial charge on any atom is -0.460 e. The summed E-state index contributed by atoms with van der Waals surface area (Å²) in [6.45, 7) is 23.7. The van der Waals surface area contributed by atoms with Gasteiger partial charge in [-0.25, -0.2) is 19.2 Å². The van der Waals surface area contributed by atoms with E-state index in [1.54, 1.807) is 69.3 Å². The van der Waals surface area contributed by atoms with Gasteiger partial charge in [0.15, 0.2) is 0 Å². The summed E-state index contributed by atoms with van der Waals surface area (Å²) in [5.74, 6) is -2.03. The van der Waals surface area contributed by atoms with Gasteiger partial charge in [0.25, 0.3) is 5.91 Å². The summed E-state index contributed by atoms with van der Waals surface area (Å²) in [5, 5.41) is 0. The molecule has 0 spiro atoms. The summed E-state index contributed by atoms with van der Waals surface area (Å²) in [6.07, 6.45) is 3.38. The van der Waals surface area contributed by atoms with Gasteiger partial charge < -0.3 is 23.8 Å². The zero-order chi connectivity index (χ0) is 36.8. The molecule has 0 aliphatic rings. The summed E-state index contributed by atoms with van der Waals surface area (Å²) in [6, 6.07) is 12.1. The fraction of sp³-hybridized carbons (Fsp3) is 0.256. The third-order valence-corrected chi connectivity index (χ3v) is 6.73. The Morgan fingerprint density at radius 2 is 1.10 bits per heavy atom. The average Bonchev–Trinajstić information content (AvgIpc) is 3.05. The SMILES string of the molecule is C=C(C)C(=O)OCCN(CCOC(=O)C(=C)C)C(=O)c1cc(/C(C)=C/C=C(\C)OC(=O)C(=C)C)cc(-c2ccc(OC(=O)C(=C)C)cc2)c1. The van der Waals surface area contributed by atoms with Crippen LogP contribution in [-0.2, 0) is 33.4 Å². The third kappa shape index (κ3) is 12.7. The molecule has 0 aliphatic carbocycles. The monoisotopic (exact) mass is 669 g/mol. The molecule has 49 heavy (non-hydrogen) atoms. The number of carbonyl (C=O) groups excluding carboxylic acids is 5. The molecular formula is C39H43NO9. The maximum atomic E-state index is 14.1. The molecular weight excluding hydrogens is 626 g/mol. The smallest absolute Gasteiger partial charge is 0.338 e. The molecule has 10 heteroatoms. The number of nitrogens with zero attached hydrogens (tertiary/aromatic N) is 1. The molecule has 2 rings (SSSR count). The summed E-state index contributed by atoms with van der Waals surface area (Å²) in [4.78, 5) is 63.4. The van der Waals surface area contributed by atoms with E-state index in [0.29, 0.717) is 28.2 Å². The van der Waals surface area contributed by atoms with Crippen LogP contribution in [0.15, 0.2) is 109 Å². The van der Waals surface area contributed by atoms with E-state index in [4.69, 9.17) is 18.9 Å². The van der Waals surface area contributed by atoms with Gasteiger partial charge in [-0.3, -0.25) is 4.79 Å². The highest BCUT2D eigenvalue weighted by Gasteiger charge is 2.20. The van der Waals surface area contributed by atoms with E-state index in [0.717, 1.165) is 11.1 Å². The summed E-state index contributed by atoms with van der Waals surface area (Å²) in [5.41, 5.74) is 4.06. The normalized spacial score (nSPS) is 11.1. The highest BCUT2D eigenvalue weighted by atomic mass is 16.5. The van der Waals surface area contributed by atoms with Crippen molar-refractivity contribution in [3.8, 4) is 16.9 Å². The fourth-order valence-corrected chi connectivity index (χ4v) is 3.90. The van der Waals surface area contributed by atoms with Gasteiger partial charge in [0.05, 0.1) is 13.1 Å². The molecule has 0 bridgehead atoms. The first-order chi connectivity index (χ1) is 23.0. The van der Waals surface area contributed by atoms with Crippen LogP contribution in [-0.4, -0.2) is 61.0 Å². The van der Waals surface area contributed by atoms with E-state index >= 15 is 0 Å². The van der Waals surface area contributed by atoms with Gasteiger partial charge in [0, 0.05) is 27.9 Å². The van der Waals surface area contributed by atoms with Crippen LogP contribution in [0, 0.1) is 0 Å². The Morgan fingerprint density at radius 1 is 0.612 bits per heavy atom. The van der Waals surface area contributed by atoms with E-state index in [1.807, 2.05) is 13.0 Å². The highest BCUT2D eigenvalue weighted by molar-refractivity contribution is 5.97. The molecule has 2 aromatic carbocycles. The van der Waals surface area contributed by atoms with Crippen LogP contribution in [0.5, 0.6) is 5.75 Å². The van der Waals surface area contributed by atoms with E-state index in [2.05, 4.69) is 26.3 Å². The number of ether oxygens (including phenoxy) is 4. The van der Waals surface area contributed by atoms with E-state index in [9.17, 15) is 24.0 Å². The highest BCUT2D eigenvalue weighted by Crippen LogP contribution is 2.29. The van der Waals surface area contributed by atoms with Gasteiger partial charge in [0.1, 0.15) is 24.7 Å². The van der Waals surface area contributed by atoms with Crippen molar-refractivity contribution in [2.75, 3.05) is 26.3 Å². The van der Waals surface area contributed by atoms with Crippen molar-refractivity contribution < 1.29 is 42.9 Å². The van der Waals surface area contributed by atoms with Crippen molar-refractivity contribution in [3.05, 3.63) is 120 Å². The minimum absolute atomic E-state index is 0.00959. The Balaban J connectivity index is 2.57. The number of benzene rings is 2. The number of rotatable bonds is 16. The molecule has 0 unspecified atom stereocenters. The van der Waals surface area contributed by atoms with Gasteiger partial charge in [-0.05, 0) is 100 Å². The van der Waals surface area contributed by atoms with E-state index in [-0.39, 0.29) is 48.6 Å². The molecule has 0 saturated carbocycles. The van der Waals surface area contributed by atoms with Crippen LogP contribution in [0.4, 0.5) is 0 Å². The predicted molar refractivity (Wildman–Crippen MR) is 188 cm³/mol. The molecule has 0 aromatic heterocycles. The first-order valence-electron chi connectivity index (χ1n) is 15.3. The first kappa shape index (κ1) is 39.4. The number of hydrogen-bond acceptors (Lipinski definition) is 9. The van der Waals surface area contributed by atoms with Crippen LogP contribution in [0.3, 0.4) is 0 Å². The predicted octanol–water partition coefficient (Wildman–Crippen LogP) is 6.94. The van der Waals surface area contributed by atoms with Gasteiger partial charge in [-0.1, -0.05) is 44.5 Å². The van der Waals surface area contributed by atoms with Gasteiger partial charge in [-0.2, -0.15) is 0 Å². The third-order valence-electron chi connectivity index (χ3n) is 6.73. The van der Waals surface area contributed by atoms with E-state index in [1.165, 1.54) is 18.7 Å². The van der Waals surface area contributed by atoms with Gasteiger partial charge in [-0.15, -0.1) is 0 Å². The number of esters is 4. The van der Waals surface area contributed by atoms with Crippen LogP contribution in [0.1, 0.15) is 57.5 Å². The van der Waals surface area contributed by atoms with E-state index < -0.39 is 29.8 Å². The van der Waals surface area contributed by atoms with Crippen molar-refractivity contribution >= 4 is 35.4 Å². The molecule has 1 amide bonds. The summed E-state index contributed by atoms with van der Waals surface area (Å²) < 4.78 is 21.1. The summed E-state index contributed by atoms with van der Waals surface area (Å²) >= 11 is 0. The van der Waals surface area contributed by atoms with Crippen molar-refractivity contribution in [1.82, 2.24) is 4.90 Å². The molecule has 0 heterocycles. The Morgan fingerprint density at radius 3 is 1.59 bits per heavy atom. The molecule has 0 N–H and O–H groups in total. The van der Waals surface area contributed by atoms with Crippen LogP contribution in [0.25, 0.3) is 16.7 Å². The van der Waals surface area contributed by atoms with Crippen molar-refractivity contribution in [3.63, 3.8) is 0 Å². The summed E-state index contributed by atoms with van der Waals surface area (Å²) in [7, 11) is 0. The largest absolute Gasteiger partial charge is 0.460 e. The zero-order valence-electron chi connectivity index (χ0n) is 29.0. The lowest BCUT2D eigenvalue weighted by Crippen LogP contribution is -2.37. The molecule has 0 atom stereocenters. The van der Waals surface area contributed by atoms with Crippen LogP contribution in [0.2, 0.25) is 0 Å². The Labute approximate surface area is 287 Å². The minimum atomic E-state index is -0.596. The lowest BCUT2D eigenvalue weighted by molar-refractivity contribution is -0.139. The van der Waals surface area contributed by atoms with Gasteiger partial charge >= 0.3 is 23.9 Å². The van der Waals surface area contributed by atoms with Crippen molar-refractivity contribution in [2.24, 2.45) is 0 Å². The van der Waals surface area contributed by atoms with Crippen LogP contribution < -0.4 is 4.74 Å². The molecule has 0 aliphatic heterocycles. The molecule has 10 nitrogen and oxygen atoms in total. The number of carbonyl (C=O) groups is 5. The number of allylic oxidation sites excluding steroid dienone is 4. The lowest BCUT2D eigenvalue weighted by atomic mass is 9.95. The number of amides is 1. The maximum Gasteiger partial charge on any atom is 0.338 e. The second-order valence-corrected chi connectivity index (χ2v) is 11.4. The molecule has 0 fully saturated rings. The average molecular weight is 670 g/mol. The van der Waals surface area contributed by atoms with Crippen molar-refractivity contribution in [2.45, 2.75) is 41.5 Å². The zero-order valence-corrected chi connectivity index (χ0v) is 29.0. The fourth-order valence-electron chi connectivity index (χ4n) is 3.90. The molecule has 0 radical (unpaired) electrons. The second kappa shape index (κ2) is 18.5. The van der Waals surface area contributed by atoms with Crippen molar-refractivity contribution in [1.29, 1.82) is 0 Å². The first-order valence-corrected chi connectivity index (χ1v) is 15.3. The van der Waals surface area contributed by atoms with Gasteiger partial charge in [0.2, 0.25) is 0 Å². The molecule has 258 valence electrons. The lowest BCUT2D eigenvalue weighted by Gasteiger charge is -2.23. The Bertz CT molecular complexity index is 1690. The van der Waals surface area contributed by atoms with Crippen LogP contribution >= 0.6 is 0 Å². The molecule has 0 saturated heterocycles. The maximum absolute atomic E-state index is 14.1. The Kier molecular flexibility index (Phi) is 14.9.